The van der Waals surface area contributed by atoms with Crippen molar-refractivity contribution >= 4 is 10.8 Å². The maximum atomic E-state index is 6.32. The molecule has 1 atom stereocenters. The molecule has 3 rings (SSSR count). The number of aryl methyl sites for hydroxylation is 1. The highest BCUT2D eigenvalue weighted by Crippen LogP contribution is 2.20. The molecule has 3 aromatic rings. The van der Waals surface area contributed by atoms with Crippen LogP contribution in [0, 0.1) is 6.92 Å². The van der Waals surface area contributed by atoms with E-state index < -0.39 is 0 Å². The summed E-state index contributed by atoms with van der Waals surface area (Å²) in [5.74, 6) is 0. The van der Waals surface area contributed by atoms with Crippen LogP contribution in [-0.4, -0.2) is 0 Å². The van der Waals surface area contributed by atoms with Gasteiger partial charge in [-0.1, -0.05) is 72.3 Å². The second-order valence-electron chi connectivity index (χ2n) is 5.40. The third kappa shape index (κ3) is 2.73. The molecule has 3 aromatic carbocycles. The Morgan fingerprint density at radius 2 is 1.55 bits per heavy atom. The highest BCUT2D eigenvalue weighted by atomic mass is 14.6. The molecule has 100 valence electrons. The normalized spacial score (nSPS) is 12.5. The van der Waals surface area contributed by atoms with Gasteiger partial charge in [0.25, 0.3) is 0 Å². The van der Waals surface area contributed by atoms with Crippen molar-refractivity contribution in [2.24, 2.45) is 5.73 Å². The molecule has 0 aliphatic carbocycles. The molecule has 0 saturated carbocycles. The average Bonchev–Trinajstić information content (AvgIpc) is 2.48. The van der Waals surface area contributed by atoms with Gasteiger partial charge in [0.15, 0.2) is 0 Å². The van der Waals surface area contributed by atoms with E-state index >= 15 is 0 Å². The van der Waals surface area contributed by atoms with E-state index in [1.807, 2.05) is 0 Å². The van der Waals surface area contributed by atoms with Crippen LogP contribution >= 0.6 is 0 Å². The van der Waals surface area contributed by atoms with Crippen LogP contribution < -0.4 is 5.73 Å². The zero-order valence-electron chi connectivity index (χ0n) is 11.7. The number of hydrogen-bond acceptors (Lipinski definition) is 1. The minimum Gasteiger partial charge on any atom is -0.324 e. The number of nitrogens with two attached hydrogens (primary N) is 1. The van der Waals surface area contributed by atoms with E-state index in [0.717, 1.165) is 6.42 Å². The summed E-state index contributed by atoms with van der Waals surface area (Å²) in [7, 11) is 0. The maximum absolute atomic E-state index is 6.32. The van der Waals surface area contributed by atoms with Gasteiger partial charge in [-0.2, -0.15) is 0 Å². The predicted octanol–water partition coefficient (Wildman–Crippen LogP) is 4.39. The molecule has 0 radical (unpaired) electrons. The van der Waals surface area contributed by atoms with E-state index in [1.165, 1.54) is 27.5 Å². The Morgan fingerprint density at radius 1 is 0.850 bits per heavy atom. The van der Waals surface area contributed by atoms with Crippen molar-refractivity contribution in [2.45, 2.75) is 19.4 Å². The molecule has 0 aliphatic rings. The smallest absolute Gasteiger partial charge is 0.0335 e. The van der Waals surface area contributed by atoms with Gasteiger partial charge in [-0.15, -0.1) is 0 Å². The fourth-order valence-corrected chi connectivity index (χ4v) is 2.55. The summed E-state index contributed by atoms with van der Waals surface area (Å²) in [5, 5.41) is 2.56. The molecule has 0 bridgehead atoms. The Kier molecular flexibility index (Phi) is 3.53. The first-order valence-electron chi connectivity index (χ1n) is 7.02. The lowest BCUT2D eigenvalue weighted by Crippen LogP contribution is -2.13. The van der Waals surface area contributed by atoms with E-state index in [4.69, 9.17) is 5.73 Å². The number of rotatable bonds is 3. The average molecular weight is 261 g/mol. The van der Waals surface area contributed by atoms with Gasteiger partial charge in [0.05, 0.1) is 0 Å². The second-order valence-corrected chi connectivity index (χ2v) is 5.40. The second kappa shape index (κ2) is 5.48. The van der Waals surface area contributed by atoms with E-state index in [2.05, 4.69) is 73.7 Å². The minimum absolute atomic E-state index is 0.0526. The van der Waals surface area contributed by atoms with Crippen LogP contribution in [0.4, 0.5) is 0 Å². The molecule has 1 nitrogen and oxygen atoms in total. The fraction of sp³-hybridized carbons (Fsp3) is 0.158. The first-order valence-corrected chi connectivity index (χ1v) is 7.02. The van der Waals surface area contributed by atoms with Gasteiger partial charge in [-0.05, 0) is 35.2 Å². The van der Waals surface area contributed by atoms with Gasteiger partial charge in [0.2, 0.25) is 0 Å². The highest BCUT2D eigenvalue weighted by Gasteiger charge is 2.07. The van der Waals surface area contributed by atoms with Gasteiger partial charge in [0.1, 0.15) is 0 Å². The number of hydrogen-bond donors (Lipinski definition) is 1. The Morgan fingerprint density at radius 3 is 2.30 bits per heavy atom. The summed E-state index contributed by atoms with van der Waals surface area (Å²) in [6, 6.07) is 23.6. The van der Waals surface area contributed by atoms with Gasteiger partial charge < -0.3 is 5.73 Å². The SMILES string of the molecule is Cc1ccc(C(N)Cc2ccc3ccccc3c2)cc1. The Balaban J connectivity index is 1.83. The van der Waals surface area contributed by atoms with Crippen molar-refractivity contribution in [3.8, 4) is 0 Å². The Bertz CT molecular complexity index is 713. The molecule has 2 N–H and O–H groups in total. The lowest BCUT2D eigenvalue weighted by atomic mass is 9.97. The van der Waals surface area contributed by atoms with Crippen LogP contribution in [-0.2, 0) is 6.42 Å². The maximum Gasteiger partial charge on any atom is 0.0335 e. The van der Waals surface area contributed by atoms with Gasteiger partial charge in [-0.25, -0.2) is 0 Å². The third-order valence-corrected chi connectivity index (χ3v) is 3.77. The van der Waals surface area contributed by atoms with Gasteiger partial charge >= 0.3 is 0 Å². The van der Waals surface area contributed by atoms with Crippen molar-refractivity contribution in [2.75, 3.05) is 0 Å². The molecule has 0 saturated heterocycles. The summed E-state index contributed by atoms with van der Waals surface area (Å²) >= 11 is 0. The molecule has 1 unspecified atom stereocenters. The predicted molar refractivity (Wildman–Crippen MR) is 85.8 cm³/mol. The molecular formula is C19H19N. The lowest BCUT2D eigenvalue weighted by Gasteiger charge is -2.13. The van der Waals surface area contributed by atoms with Crippen LogP contribution in [0.5, 0.6) is 0 Å². The lowest BCUT2D eigenvalue weighted by molar-refractivity contribution is 0.722. The van der Waals surface area contributed by atoms with Crippen molar-refractivity contribution in [1.29, 1.82) is 0 Å². The van der Waals surface area contributed by atoms with Gasteiger partial charge in [-0.3, -0.25) is 0 Å². The van der Waals surface area contributed by atoms with Crippen molar-refractivity contribution in [1.82, 2.24) is 0 Å². The molecule has 1 heteroatoms. The third-order valence-electron chi connectivity index (χ3n) is 3.77. The van der Waals surface area contributed by atoms with Crippen molar-refractivity contribution in [3.63, 3.8) is 0 Å². The summed E-state index contributed by atoms with van der Waals surface area (Å²) in [4.78, 5) is 0. The van der Waals surface area contributed by atoms with Crippen LogP contribution in [0.2, 0.25) is 0 Å². The molecule has 0 amide bonds. The summed E-state index contributed by atoms with van der Waals surface area (Å²) in [6.45, 7) is 2.10. The zero-order valence-corrected chi connectivity index (χ0v) is 11.7. The van der Waals surface area contributed by atoms with E-state index in [9.17, 15) is 0 Å². The van der Waals surface area contributed by atoms with Crippen LogP contribution in [0.25, 0.3) is 10.8 Å². The molecule has 0 heterocycles. The largest absolute Gasteiger partial charge is 0.324 e. The standard InChI is InChI=1S/C19H19N/c1-14-6-9-17(10-7-14)19(20)13-15-8-11-16-4-2-3-5-18(16)12-15/h2-12,19H,13,20H2,1H3. The summed E-state index contributed by atoms with van der Waals surface area (Å²) in [5.41, 5.74) is 10.1. The summed E-state index contributed by atoms with van der Waals surface area (Å²) < 4.78 is 0. The molecule has 20 heavy (non-hydrogen) atoms. The molecule has 0 spiro atoms. The van der Waals surface area contributed by atoms with E-state index in [1.54, 1.807) is 0 Å². The number of fused-ring (bicyclic) bond motifs is 1. The molecule has 0 aromatic heterocycles. The quantitative estimate of drug-likeness (QED) is 0.743. The highest BCUT2D eigenvalue weighted by molar-refractivity contribution is 5.83. The topological polar surface area (TPSA) is 26.0 Å². The van der Waals surface area contributed by atoms with Gasteiger partial charge in [0, 0.05) is 6.04 Å². The van der Waals surface area contributed by atoms with Crippen molar-refractivity contribution in [3.05, 3.63) is 83.4 Å². The molecule has 0 aliphatic heterocycles. The Hall–Kier alpha value is -2.12. The fourth-order valence-electron chi connectivity index (χ4n) is 2.55. The monoisotopic (exact) mass is 261 g/mol. The van der Waals surface area contributed by atoms with Crippen molar-refractivity contribution < 1.29 is 0 Å². The molecule has 0 fully saturated rings. The van der Waals surface area contributed by atoms with E-state index in [0.29, 0.717) is 0 Å². The van der Waals surface area contributed by atoms with Crippen LogP contribution in [0.3, 0.4) is 0 Å². The zero-order chi connectivity index (χ0) is 13.9. The summed E-state index contributed by atoms with van der Waals surface area (Å²) in [6.07, 6.45) is 0.869. The Labute approximate surface area is 120 Å². The first-order chi connectivity index (χ1) is 9.72. The first kappa shape index (κ1) is 12.9. The van der Waals surface area contributed by atoms with Crippen LogP contribution in [0.15, 0.2) is 66.7 Å². The van der Waals surface area contributed by atoms with Crippen LogP contribution in [0.1, 0.15) is 22.7 Å². The van der Waals surface area contributed by atoms with E-state index in [-0.39, 0.29) is 6.04 Å². The number of benzene rings is 3. The molecular weight excluding hydrogens is 242 g/mol. The minimum atomic E-state index is 0.0526.